The smallest absolute Gasteiger partial charge is 0.338 e. The molecule has 0 N–H and O–H groups in total. The highest BCUT2D eigenvalue weighted by Crippen LogP contribution is 2.35. The van der Waals surface area contributed by atoms with Gasteiger partial charge in [-0.2, -0.15) is 0 Å². The number of nitrogens with zero attached hydrogens (tertiary/aromatic N) is 3. The van der Waals surface area contributed by atoms with Crippen LogP contribution in [0.3, 0.4) is 0 Å². The molecule has 6 aromatic rings. The van der Waals surface area contributed by atoms with E-state index in [0.717, 1.165) is 16.7 Å². The minimum absolute atomic E-state index is 0.00262. The van der Waals surface area contributed by atoms with Gasteiger partial charge in [-0.25, -0.2) is 14.4 Å². The second-order valence-electron chi connectivity index (χ2n) is 16.6. The summed E-state index contributed by atoms with van der Waals surface area (Å²) in [4.78, 5) is 45.0. The van der Waals surface area contributed by atoms with E-state index in [1.807, 2.05) is 91.0 Å². The van der Waals surface area contributed by atoms with Gasteiger partial charge in [-0.3, -0.25) is 0 Å². The number of carbonyl (C=O) groups is 3. The number of azide groups is 1. The zero-order valence-electron chi connectivity index (χ0n) is 38.8. The Morgan fingerprint density at radius 3 is 1.32 bits per heavy atom. The van der Waals surface area contributed by atoms with Gasteiger partial charge in [0.05, 0.1) is 49.7 Å². The number of carbonyl (C=O) groups excluding carboxylic acids is 3. The topological polar surface area (TPSA) is 192 Å². The van der Waals surface area contributed by atoms with Crippen molar-refractivity contribution >= 4 is 17.9 Å². The van der Waals surface area contributed by atoms with Gasteiger partial charge in [-0.15, -0.1) is 0 Å². The normalized spacial score (nSPS) is 23.9. The van der Waals surface area contributed by atoms with Crippen LogP contribution in [0.5, 0.6) is 0 Å². The van der Waals surface area contributed by atoms with Crippen LogP contribution in [0, 0.1) is 0 Å². The average Bonchev–Trinajstić information content (AvgIpc) is 3.42. The monoisotopic (exact) mass is 963 g/mol. The first-order valence-electron chi connectivity index (χ1n) is 23.1. The third-order valence-electron chi connectivity index (χ3n) is 11.8. The molecule has 0 spiro atoms. The Morgan fingerprint density at radius 1 is 0.465 bits per heavy atom. The van der Waals surface area contributed by atoms with Crippen LogP contribution < -0.4 is 0 Å². The minimum Gasteiger partial charge on any atom is -0.452 e. The maximum Gasteiger partial charge on any atom is 0.338 e. The van der Waals surface area contributed by atoms with Crippen molar-refractivity contribution in [2.75, 3.05) is 20.3 Å². The third-order valence-corrected chi connectivity index (χ3v) is 11.8. The summed E-state index contributed by atoms with van der Waals surface area (Å²) in [5, 5.41) is 4.20. The van der Waals surface area contributed by atoms with Crippen LogP contribution in [0.4, 0.5) is 0 Å². The second kappa shape index (κ2) is 25.6. The predicted molar refractivity (Wildman–Crippen MR) is 256 cm³/mol. The first-order chi connectivity index (χ1) is 34.9. The molecule has 0 unspecified atom stereocenters. The van der Waals surface area contributed by atoms with Gasteiger partial charge in [0.15, 0.2) is 30.9 Å². The van der Waals surface area contributed by atoms with E-state index in [-0.39, 0.29) is 43.1 Å². The van der Waals surface area contributed by atoms with E-state index in [1.165, 1.54) is 7.11 Å². The Labute approximate surface area is 410 Å². The van der Waals surface area contributed by atoms with Crippen molar-refractivity contribution in [3.05, 3.63) is 226 Å². The number of benzene rings is 6. The molecule has 2 heterocycles. The van der Waals surface area contributed by atoms with E-state index >= 15 is 0 Å². The summed E-state index contributed by atoms with van der Waals surface area (Å²) in [5.74, 6) is -2.41. The zero-order chi connectivity index (χ0) is 49.2. The molecule has 0 bridgehead atoms. The van der Waals surface area contributed by atoms with Crippen LogP contribution in [0.25, 0.3) is 10.4 Å². The maximum absolute atomic E-state index is 14.1. The molecule has 10 atom stereocenters. The SMILES string of the molecule is CO[C@H]1O[C@H](CO[C@@H]2O[C@H](COCc3ccccc3)[C@H](OCc3ccccc3)[C@H](OCc3ccccc3)[C@H]2N=[N+]=[N-])[C@@H](OC(=O)c2ccccc2)[C@H](OC(=O)c2ccccc2)[C@H]1OC(=O)c1ccccc1. The lowest BCUT2D eigenvalue weighted by Crippen LogP contribution is -2.64. The molecule has 0 radical (unpaired) electrons. The van der Waals surface area contributed by atoms with Crippen LogP contribution in [0.1, 0.15) is 47.8 Å². The minimum atomic E-state index is -1.55. The highest BCUT2D eigenvalue weighted by atomic mass is 16.7. The molecule has 0 aromatic heterocycles. The van der Waals surface area contributed by atoms with Crippen molar-refractivity contribution in [3.63, 3.8) is 0 Å². The molecule has 0 saturated carbocycles. The van der Waals surface area contributed by atoms with Gasteiger partial charge in [0.25, 0.3) is 0 Å². The Bertz CT molecular complexity index is 2630. The summed E-state index contributed by atoms with van der Waals surface area (Å²) in [6, 6.07) is 52.0. The van der Waals surface area contributed by atoms with Gasteiger partial charge >= 0.3 is 17.9 Å². The zero-order valence-corrected chi connectivity index (χ0v) is 38.8. The molecule has 2 saturated heterocycles. The summed E-state index contributed by atoms with van der Waals surface area (Å²) in [6.45, 7) is 0.0542. The van der Waals surface area contributed by atoms with Crippen LogP contribution >= 0.6 is 0 Å². The molecular weight excluding hydrogens is 911 g/mol. The van der Waals surface area contributed by atoms with Gasteiger partial charge in [0.2, 0.25) is 0 Å². The first kappa shape index (κ1) is 50.2. The average molecular weight is 964 g/mol. The number of ether oxygens (including phenoxy) is 10. The van der Waals surface area contributed by atoms with Crippen molar-refractivity contribution in [2.45, 2.75) is 81.2 Å². The van der Waals surface area contributed by atoms with Gasteiger partial charge in [0.1, 0.15) is 30.5 Å². The molecule has 8 rings (SSSR count). The van der Waals surface area contributed by atoms with Crippen LogP contribution in [-0.2, 0) is 67.2 Å². The Kier molecular flexibility index (Phi) is 18.1. The summed E-state index contributed by atoms with van der Waals surface area (Å²) in [5.41, 5.74) is 13.3. The highest BCUT2D eigenvalue weighted by Gasteiger charge is 2.54. The maximum atomic E-state index is 14.1. The summed E-state index contributed by atoms with van der Waals surface area (Å²) >= 11 is 0. The van der Waals surface area contributed by atoms with Gasteiger partial charge < -0.3 is 47.4 Å². The first-order valence-corrected chi connectivity index (χ1v) is 23.1. The standard InChI is InChI=1S/C55H53N3O13/c1-62-55-50(71-53(61)42-30-18-7-19-31-42)49(70-52(60)41-28-16-6-17-29-41)47(69-51(59)40-26-14-5-15-27-40)44(68-55)36-66-54-45(57-58-56)48(65-34-39-24-12-4-13-25-39)46(64-33-38-22-10-3-11-23-38)43(67-54)35-63-32-37-20-8-2-9-21-37/h2-31,43-50,54-55H,32-36H2,1H3/t43-,44-,45-,46+,47-,48-,49+,50-,54-,55+/m1/s1. The second-order valence-corrected chi connectivity index (χ2v) is 16.6. The van der Waals surface area contributed by atoms with E-state index in [1.54, 1.807) is 91.0 Å². The van der Waals surface area contributed by atoms with Gasteiger partial charge in [0, 0.05) is 12.0 Å². The predicted octanol–water partition coefficient (Wildman–Crippen LogP) is 8.84. The molecular formula is C55H53N3O13. The van der Waals surface area contributed by atoms with Crippen molar-refractivity contribution in [1.29, 1.82) is 0 Å². The molecule has 6 aromatic carbocycles. The number of hydrogen-bond acceptors (Lipinski definition) is 14. The van der Waals surface area contributed by atoms with Crippen molar-refractivity contribution in [2.24, 2.45) is 5.11 Å². The number of rotatable bonds is 21. The molecule has 16 heteroatoms. The van der Waals surface area contributed by atoms with E-state index in [9.17, 15) is 19.9 Å². The summed E-state index contributed by atoms with van der Waals surface area (Å²) in [7, 11) is 1.32. The summed E-state index contributed by atoms with van der Waals surface area (Å²) < 4.78 is 63.7. The van der Waals surface area contributed by atoms with Crippen LogP contribution in [0.15, 0.2) is 187 Å². The molecule has 71 heavy (non-hydrogen) atoms. The fourth-order valence-corrected chi connectivity index (χ4v) is 8.23. The van der Waals surface area contributed by atoms with Gasteiger partial charge in [-0.05, 0) is 58.6 Å². The molecule has 2 aliphatic rings. The number of esters is 3. The fraction of sp³-hybridized carbons (Fsp3) is 0.291. The lowest BCUT2D eigenvalue weighted by atomic mass is 9.96. The summed E-state index contributed by atoms with van der Waals surface area (Å²) in [6.07, 6.45) is -11.4. The van der Waals surface area contributed by atoms with E-state index in [2.05, 4.69) is 10.0 Å². The molecule has 0 aliphatic carbocycles. The van der Waals surface area contributed by atoms with Crippen LogP contribution in [0.2, 0.25) is 0 Å². The third kappa shape index (κ3) is 13.6. The lowest BCUT2D eigenvalue weighted by molar-refractivity contribution is -0.318. The largest absolute Gasteiger partial charge is 0.452 e. The van der Waals surface area contributed by atoms with Gasteiger partial charge in [-0.1, -0.05) is 151 Å². The fourth-order valence-electron chi connectivity index (χ4n) is 8.23. The Hall–Kier alpha value is -7.24. The van der Waals surface area contributed by atoms with Crippen LogP contribution in [-0.4, -0.2) is 99.6 Å². The quantitative estimate of drug-likeness (QED) is 0.0219. The number of hydrogen-bond donors (Lipinski definition) is 0. The van der Waals surface area contributed by atoms with Crippen molar-refractivity contribution < 1.29 is 61.8 Å². The van der Waals surface area contributed by atoms with Crippen molar-refractivity contribution in [3.8, 4) is 0 Å². The lowest BCUT2D eigenvalue weighted by Gasteiger charge is -2.46. The van der Waals surface area contributed by atoms with E-state index in [0.29, 0.717) is 0 Å². The molecule has 16 nitrogen and oxygen atoms in total. The molecule has 0 amide bonds. The highest BCUT2D eigenvalue weighted by molar-refractivity contribution is 5.91. The Balaban J connectivity index is 1.14. The molecule has 366 valence electrons. The van der Waals surface area contributed by atoms with Crippen molar-refractivity contribution in [1.82, 2.24) is 0 Å². The molecule has 2 fully saturated rings. The van der Waals surface area contributed by atoms with E-state index in [4.69, 9.17) is 47.4 Å². The molecule has 2 aliphatic heterocycles. The Morgan fingerprint density at radius 2 is 0.859 bits per heavy atom. The number of methoxy groups -OCH3 is 1. The van der Waals surface area contributed by atoms with E-state index < -0.39 is 85.9 Å².